The Balaban J connectivity index is 1.99. The monoisotopic (exact) mass is 256 g/mol. The van der Waals surface area contributed by atoms with Crippen LogP contribution in [-0.4, -0.2) is 34.5 Å². The van der Waals surface area contributed by atoms with Gasteiger partial charge in [-0.05, 0) is 37.8 Å². The first kappa shape index (κ1) is 12.1. The van der Waals surface area contributed by atoms with Gasteiger partial charge < -0.3 is 4.90 Å². The average Bonchev–Trinajstić information content (AvgIpc) is 2.43. The molecule has 1 fully saturated rings. The molecule has 0 radical (unpaired) electrons. The number of hydrogen-bond acceptors (Lipinski definition) is 4. The number of allylic oxidation sites excluding steroid dienone is 2. The van der Waals surface area contributed by atoms with Crippen LogP contribution in [0.5, 0.6) is 0 Å². The Morgan fingerprint density at radius 2 is 1.89 bits per heavy atom. The van der Waals surface area contributed by atoms with E-state index in [0.29, 0.717) is 17.0 Å². The first-order chi connectivity index (χ1) is 9.16. The van der Waals surface area contributed by atoms with Crippen molar-refractivity contribution in [3.05, 3.63) is 40.9 Å². The number of pyridine rings is 1. The van der Waals surface area contributed by atoms with E-state index in [4.69, 9.17) is 0 Å². The minimum atomic E-state index is -0.114. The number of aromatic nitrogens is 1. The summed E-state index contributed by atoms with van der Waals surface area (Å²) < 4.78 is 0. The summed E-state index contributed by atoms with van der Waals surface area (Å²) in [6, 6.07) is 1.74. The first-order valence-corrected chi connectivity index (χ1v) is 6.69. The van der Waals surface area contributed by atoms with Crippen molar-refractivity contribution >= 4 is 11.6 Å². The van der Waals surface area contributed by atoms with Crippen molar-refractivity contribution in [3.63, 3.8) is 0 Å². The van der Waals surface area contributed by atoms with Gasteiger partial charge in [0, 0.05) is 25.4 Å². The van der Waals surface area contributed by atoms with E-state index in [-0.39, 0.29) is 11.6 Å². The number of hydrogen-bond donors (Lipinski definition) is 0. The molecule has 1 aliphatic carbocycles. The van der Waals surface area contributed by atoms with Crippen LogP contribution in [0.25, 0.3) is 0 Å². The minimum Gasteiger partial charge on any atom is -0.368 e. The summed E-state index contributed by atoms with van der Waals surface area (Å²) in [7, 11) is 0. The SMILES string of the molecule is Cc1cnc2c(c1)C(=O)C=C(N1CCCCC1)C2=O. The lowest BCUT2D eigenvalue weighted by atomic mass is 9.94. The molecule has 19 heavy (non-hydrogen) atoms. The van der Waals surface area contributed by atoms with Gasteiger partial charge >= 0.3 is 0 Å². The second kappa shape index (κ2) is 4.61. The fraction of sp³-hybridized carbons (Fsp3) is 0.400. The molecule has 3 rings (SSSR count). The smallest absolute Gasteiger partial charge is 0.228 e. The van der Waals surface area contributed by atoms with E-state index in [2.05, 4.69) is 4.98 Å². The number of carbonyl (C=O) groups is 2. The van der Waals surface area contributed by atoms with E-state index < -0.39 is 0 Å². The highest BCUT2D eigenvalue weighted by Crippen LogP contribution is 2.24. The number of rotatable bonds is 1. The molecule has 0 saturated carbocycles. The van der Waals surface area contributed by atoms with Crippen molar-refractivity contribution in [2.24, 2.45) is 0 Å². The van der Waals surface area contributed by atoms with Gasteiger partial charge in [0.1, 0.15) is 5.69 Å². The summed E-state index contributed by atoms with van der Waals surface area (Å²) in [6.07, 6.45) is 6.47. The summed E-state index contributed by atoms with van der Waals surface area (Å²) in [5.74, 6) is -0.220. The zero-order chi connectivity index (χ0) is 13.4. The molecule has 0 bridgehead atoms. The van der Waals surface area contributed by atoms with Crippen LogP contribution in [0.4, 0.5) is 0 Å². The van der Waals surface area contributed by atoms with E-state index in [1.165, 1.54) is 12.5 Å². The van der Waals surface area contributed by atoms with Crippen LogP contribution in [0.3, 0.4) is 0 Å². The van der Waals surface area contributed by atoms with E-state index in [9.17, 15) is 9.59 Å². The molecule has 1 saturated heterocycles. The molecule has 0 unspecified atom stereocenters. The van der Waals surface area contributed by atoms with Crippen molar-refractivity contribution in [3.8, 4) is 0 Å². The molecule has 0 amide bonds. The number of ketones is 2. The number of nitrogens with zero attached hydrogens (tertiary/aromatic N) is 2. The van der Waals surface area contributed by atoms with Crippen molar-refractivity contribution in [1.82, 2.24) is 9.88 Å². The van der Waals surface area contributed by atoms with Gasteiger partial charge in [0.05, 0.1) is 11.3 Å². The van der Waals surface area contributed by atoms with E-state index in [1.807, 2.05) is 11.8 Å². The maximum atomic E-state index is 12.4. The van der Waals surface area contributed by atoms with Crippen molar-refractivity contribution in [1.29, 1.82) is 0 Å². The van der Waals surface area contributed by atoms with Gasteiger partial charge in [0.15, 0.2) is 5.78 Å². The van der Waals surface area contributed by atoms with Crippen LogP contribution in [-0.2, 0) is 0 Å². The molecular formula is C15H16N2O2. The van der Waals surface area contributed by atoms with Crippen molar-refractivity contribution in [2.45, 2.75) is 26.2 Å². The fourth-order valence-electron chi connectivity index (χ4n) is 2.70. The van der Waals surface area contributed by atoms with Gasteiger partial charge in [-0.3, -0.25) is 14.6 Å². The predicted molar refractivity (Wildman–Crippen MR) is 71.1 cm³/mol. The van der Waals surface area contributed by atoms with Gasteiger partial charge in [-0.2, -0.15) is 0 Å². The maximum Gasteiger partial charge on any atom is 0.228 e. The lowest BCUT2D eigenvalue weighted by Gasteiger charge is -2.31. The molecule has 0 atom stereocenters. The highest BCUT2D eigenvalue weighted by atomic mass is 16.1. The topological polar surface area (TPSA) is 50.3 Å². The molecule has 4 heteroatoms. The third-order valence-corrected chi connectivity index (χ3v) is 3.70. The normalized spacial score (nSPS) is 19.2. The zero-order valence-electron chi connectivity index (χ0n) is 11.0. The second-order valence-electron chi connectivity index (χ2n) is 5.18. The standard InChI is InChI=1S/C15H16N2O2/c1-10-7-11-13(18)8-12(15(19)14(11)16-9-10)17-5-3-2-4-6-17/h7-9H,2-6H2,1H3. The van der Waals surface area contributed by atoms with Gasteiger partial charge in [-0.25, -0.2) is 0 Å². The number of Topliss-reactive ketones (excluding diaryl/α,β-unsaturated/α-hetero) is 1. The van der Waals surface area contributed by atoms with Crippen LogP contribution in [0, 0.1) is 6.92 Å². The second-order valence-corrected chi connectivity index (χ2v) is 5.18. The van der Waals surface area contributed by atoms with Crippen LogP contribution < -0.4 is 0 Å². The Bertz CT molecular complexity index is 584. The molecule has 2 aliphatic rings. The highest BCUT2D eigenvalue weighted by molar-refractivity contribution is 6.23. The lowest BCUT2D eigenvalue weighted by molar-refractivity contribution is 0.0939. The Morgan fingerprint density at radius 1 is 1.16 bits per heavy atom. The minimum absolute atomic E-state index is 0.105. The number of aryl methyl sites for hydroxylation is 1. The Kier molecular flexibility index (Phi) is 2.93. The zero-order valence-corrected chi connectivity index (χ0v) is 11.0. The van der Waals surface area contributed by atoms with E-state index in [1.54, 1.807) is 12.3 Å². The molecule has 1 aromatic rings. The average molecular weight is 256 g/mol. The summed E-state index contributed by atoms with van der Waals surface area (Å²) >= 11 is 0. The molecule has 4 nitrogen and oxygen atoms in total. The third kappa shape index (κ3) is 2.07. The molecule has 0 aromatic carbocycles. The third-order valence-electron chi connectivity index (χ3n) is 3.70. The largest absolute Gasteiger partial charge is 0.368 e. The Hall–Kier alpha value is -1.97. The molecule has 98 valence electrons. The van der Waals surface area contributed by atoms with E-state index in [0.717, 1.165) is 31.5 Å². The number of fused-ring (bicyclic) bond motifs is 1. The maximum absolute atomic E-state index is 12.4. The number of carbonyl (C=O) groups excluding carboxylic acids is 2. The molecule has 1 aromatic heterocycles. The highest BCUT2D eigenvalue weighted by Gasteiger charge is 2.30. The van der Waals surface area contributed by atoms with Crippen LogP contribution in [0.2, 0.25) is 0 Å². The molecular weight excluding hydrogens is 240 g/mol. The van der Waals surface area contributed by atoms with Gasteiger partial charge in [0.2, 0.25) is 5.78 Å². The lowest BCUT2D eigenvalue weighted by Crippen LogP contribution is -2.35. The summed E-state index contributed by atoms with van der Waals surface area (Å²) in [5.41, 5.74) is 2.16. The van der Waals surface area contributed by atoms with Gasteiger partial charge in [-0.15, -0.1) is 0 Å². The summed E-state index contributed by atoms with van der Waals surface area (Å²) in [4.78, 5) is 30.8. The van der Waals surface area contributed by atoms with Crippen LogP contribution >= 0.6 is 0 Å². The first-order valence-electron chi connectivity index (χ1n) is 6.69. The molecule has 0 spiro atoms. The fourth-order valence-corrected chi connectivity index (χ4v) is 2.70. The predicted octanol–water partition coefficient (Wildman–Crippen LogP) is 2.14. The van der Waals surface area contributed by atoms with Crippen LogP contribution in [0.1, 0.15) is 45.7 Å². The number of piperidine rings is 1. The van der Waals surface area contributed by atoms with Crippen molar-refractivity contribution in [2.75, 3.05) is 13.1 Å². The summed E-state index contributed by atoms with van der Waals surface area (Å²) in [6.45, 7) is 3.58. The Morgan fingerprint density at radius 3 is 2.63 bits per heavy atom. The van der Waals surface area contributed by atoms with Gasteiger partial charge in [-0.1, -0.05) is 0 Å². The summed E-state index contributed by atoms with van der Waals surface area (Å²) in [5, 5.41) is 0. The molecule has 2 heterocycles. The Labute approximate surface area is 112 Å². The van der Waals surface area contributed by atoms with Crippen molar-refractivity contribution < 1.29 is 9.59 Å². The number of likely N-dealkylation sites (tertiary alicyclic amines) is 1. The quantitative estimate of drug-likeness (QED) is 0.772. The molecule has 0 N–H and O–H groups in total. The van der Waals surface area contributed by atoms with Gasteiger partial charge in [0.25, 0.3) is 0 Å². The molecule has 1 aliphatic heterocycles. The van der Waals surface area contributed by atoms with E-state index >= 15 is 0 Å². The van der Waals surface area contributed by atoms with Crippen LogP contribution in [0.15, 0.2) is 24.0 Å².